The van der Waals surface area contributed by atoms with Gasteiger partial charge in [0.15, 0.2) is 0 Å². The van der Waals surface area contributed by atoms with E-state index in [2.05, 4.69) is 15.3 Å². The minimum absolute atomic E-state index is 0.490. The van der Waals surface area contributed by atoms with Crippen molar-refractivity contribution in [2.45, 2.75) is 20.4 Å². The van der Waals surface area contributed by atoms with Gasteiger partial charge in [-0.25, -0.2) is 9.97 Å². The Morgan fingerprint density at radius 2 is 1.84 bits per heavy atom. The Bertz CT molecular complexity index is 546. The molecule has 0 fully saturated rings. The second kappa shape index (κ2) is 5.89. The maximum atomic E-state index is 6.03. The maximum Gasteiger partial charge on any atom is 0.224 e. The van der Waals surface area contributed by atoms with Gasteiger partial charge in [0.25, 0.3) is 0 Å². The maximum absolute atomic E-state index is 6.03. The summed E-state index contributed by atoms with van der Waals surface area (Å²) in [6.45, 7) is 4.47. The van der Waals surface area contributed by atoms with E-state index < -0.39 is 0 Å². The van der Waals surface area contributed by atoms with Gasteiger partial charge < -0.3 is 10.1 Å². The Morgan fingerprint density at radius 3 is 2.42 bits per heavy atom. The normalized spacial score (nSPS) is 10.3. The molecule has 0 atom stereocenters. The number of aromatic nitrogens is 2. The molecule has 0 saturated carbocycles. The first-order chi connectivity index (χ1) is 9.10. The molecular formula is C14H16ClN3O. The minimum atomic E-state index is 0.490. The largest absolute Gasteiger partial charge is 0.497 e. The first-order valence-electron chi connectivity index (χ1n) is 5.97. The van der Waals surface area contributed by atoms with Crippen LogP contribution in [0.25, 0.3) is 0 Å². The topological polar surface area (TPSA) is 47.0 Å². The van der Waals surface area contributed by atoms with Gasteiger partial charge in [0, 0.05) is 17.8 Å². The SMILES string of the molecule is COc1ccc(CNc2nc(C)c(C)c(Cl)n2)cc1. The van der Waals surface area contributed by atoms with E-state index in [4.69, 9.17) is 16.3 Å². The van der Waals surface area contributed by atoms with E-state index in [9.17, 15) is 0 Å². The average molecular weight is 278 g/mol. The molecule has 0 bridgehead atoms. The molecule has 1 N–H and O–H groups in total. The Morgan fingerprint density at radius 1 is 1.16 bits per heavy atom. The zero-order valence-electron chi connectivity index (χ0n) is 11.2. The van der Waals surface area contributed by atoms with Gasteiger partial charge in [-0.15, -0.1) is 0 Å². The highest BCUT2D eigenvalue weighted by Gasteiger charge is 2.05. The molecule has 2 rings (SSSR count). The smallest absolute Gasteiger partial charge is 0.224 e. The molecule has 100 valence electrons. The van der Waals surface area contributed by atoms with Gasteiger partial charge in [-0.1, -0.05) is 23.7 Å². The van der Waals surface area contributed by atoms with E-state index in [1.807, 2.05) is 38.1 Å². The molecule has 1 heterocycles. The fraction of sp³-hybridized carbons (Fsp3) is 0.286. The van der Waals surface area contributed by atoms with Gasteiger partial charge in [-0.05, 0) is 31.5 Å². The summed E-state index contributed by atoms with van der Waals surface area (Å²) in [5.41, 5.74) is 2.92. The molecule has 0 aliphatic rings. The molecule has 19 heavy (non-hydrogen) atoms. The first kappa shape index (κ1) is 13.6. The Hall–Kier alpha value is -1.81. The standard InChI is InChI=1S/C14H16ClN3O/c1-9-10(2)17-14(18-13(9)15)16-8-11-4-6-12(19-3)7-5-11/h4-7H,8H2,1-3H3,(H,16,17,18). The van der Waals surface area contributed by atoms with Crippen LogP contribution >= 0.6 is 11.6 Å². The van der Waals surface area contributed by atoms with Crippen LogP contribution in [0.2, 0.25) is 5.15 Å². The van der Waals surface area contributed by atoms with Crippen molar-refractivity contribution >= 4 is 17.5 Å². The number of nitrogens with zero attached hydrogens (tertiary/aromatic N) is 2. The molecule has 0 aliphatic carbocycles. The fourth-order valence-corrected chi connectivity index (χ4v) is 1.81. The lowest BCUT2D eigenvalue weighted by Crippen LogP contribution is -2.05. The fourth-order valence-electron chi connectivity index (χ4n) is 1.60. The number of hydrogen-bond donors (Lipinski definition) is 1. The highest BCUT2D eigenvalue weighted by atomic mass is 35.5. The molecule has 0 amide bonds. The first-order valence-corrected chi connectivity index (χ1v) is 6.35. The second-order valence-electron chi connectivity index (χ2n) is 4.25. The van der Waals surface area contributed by atoms with Crippen molar-refractivity contribution in [2.24, 2.45) is 0 Å². The number of anilines is 1. The lowest BCUT2D eigenvalue weighted by Gasteiger charge is -2.08. The summed E-state index contributed by atoms with van der Waals surface area (Å²) in [5.74, 6) is 1.39. The van der Waals surface area contributed by atoms with Gasteiger partial charge in [0.1, 0.15) is 10.9 Å². The van der Waals surface area contributed by atoms with Crippen LogP contribution in [0.3, 0.4) is 0 Å². The molecular weight excluding hydrogens is 262 g/mol. The average Bonchev–Trinajstić information content (AvgIpc) is 2.43. The number of rotatable bonds is 4. The predicted octanol–water partition coefficient (Wildman–Crippen LogP) is 3.37. The van der Waals surface area contributed by atoms with Crippen LogP contribution in [0.4, 0.5) is 5.95 Å². The van der Waals surface area contributed by atoms with Gasteiger partial charge >= 0.3 is 0 Å². The zero-order valence-corrected chi connectivity index (χ0v) is 12.0. The Kier molecular flexibility index (Phi) is 4.22. The lowest BCUT2D eigenvalue weighted by molar-refractivity contribution is 0.414. The quantitative estimate of drug-likeness (QED) is 0.871. The van der Waals surface area contributed by atoms with Crippen LogP contribution < -0.4 is 10.1 Å². The molecule has 2 aromatic rings. The number of halogens is 1. The van der Waals surface area contributed by atoms with Crippen LogP contribution in [0.15, 0.2) is 24.3 Å². The number of hydrogen-bond acceptors (Lipinski definition) is 4. The van der Waals surface area contributed by atoms with Crippen LogP contribution in [0.5, 0.6) is 5.75 Å². The van der Waals surface area contributed by atoms with E-state index >= 15 is 0 Å². The number of nitrogens with one attached hydrogen (secondary N) is 1. The summed E-state index contributed by atoms with van der Waals surface area (Å²) >= 11 is 6.03. The summed E-state index contributed by atoms with van der Waals surface area (Å²) in [4.78, 5) is 8.55. The van der Waals surface area contributed by atoms with Gasteiger partial charge in [0.05, 0.1) is 7.11 Å². The van der Waals surface area contributed by atoms with Crippen LogP contribution in [-0.2, 0) is 6.54 Å². The summed E-state index contributed by atoms with van der Waals surface area (Å²) in [5, 5.41) is 3.65. The van der Waals surface area contributed by atoms with Gasteiger partial charge in [-0.3, -0.25) is 0 Å². The van der Waals surface area contributed by atoms with Crippen molar-refractivity contribution in [1.29, 1.82) is 0 Å². The van der Waals surface area contributed by atoms with Crippen molar-refractivity contribution in [3.05, 3.63) is 46.2 Å². The van der Waals surface area contributed by atoms with E-state index in [0.717, 1.165) is 22.6 Å². The minimum Gasteiger partial charge on any atom is -0.497 e. The predicted molar refractivity (Wildman–Crippen MR) is 76.8 cm³/mol. The molecule has 4 nitrogen and oxygen atoms in total. The molecule has 0 saturated heterocycles. The van der Waals surface area contributed by atoms with E-state index in [1.165, 1.54) is 0 Å². The summed E-state index contributed by atoms with van der Waals surface area (Å²) in [6.07, 6.45) is 0. The number of aryl methyl sites for hydroxylation is 1. The van der Waals surface area contributed by atoms with E-state index in [-0.39, 0.29) is 0 Å². The molecule has 1 aromatic heterocycles. The monoisotopic (exact) mass is 277 g/mol. The molecule has 5 heteroatoms. The molecule has 0 aliphatic heterocycles. The molecule has 1 aromatic carbocycles. The highest BCUT2D eigenvalue weighted by Crippen LogP contribution is 2.17. The third kappa shape index (κ3) is 3.35. The van der Waals surface area contributed by atoms with Crippen LogP contribution in [-0.4, -0.2) is 17.1 Å². The van der Waals surface area contributed by atoms with Gasteiger partial charge in [-0.2, -0.15) is 0 Å². The lowest BCUT2D eigenvalue weighted by atomic mass is 10.2. The molecule has 0 unspecified atom stereocenters. The second-order valence-corrected chi connectivity index (χ2v) is 4.61. The summed E-state index contributed by atoms with van der Waals surface area (Å²) in [7, 11) is 1.65. The van der Waals surface area contributed by atoms with Gasteiger partial charge in [0.2, 0.25) is 5.95 Å². The zero-order chi connectivity index (χ0) is 13.8. The van der Waals surface area contributed by atoms with Crippen molar-refractivity contribution in [3.8, 4) is 5.75 Å². The van der Waals surface area contributed by atoms with E-state index in [0.29, 0.717) is 17.6 Å². The molecule has 0 radical (unpaired) electrons. The Balaban J connectivity index is 2.05. The van der Waals surface area contributed by atoms with Crippen LogP contribution in [0.1, 0.15) is 16.8 Å². The number of ether oxygens (including phenoxy) is 1. The van der Waals surface area contributed by atoms with Crippen molar-refractivity contribution in [3.63, 3.8) is 0 Å². The summed E-state index contributed by atoms with van der Waals surface area (Å²) < 4.78 is 5.11. The third-order valence-corrected chi connectivity index (χ3v) is 3.31. The highest BCUT2D eigenvalue weighted by molar-refractivity contribution is 6.30. The van der Waals surface area contributed by atoms with Crippen LogP contribution in [0, 0.1) is 13.8 Å². The van der Waals surface area contributed by atoms with Crippen molar-refractivity contribution in [1.82, 2.24) is 9.97 Å². The van der Waals surface area contributed by atoms with E-state index in [1.54, 1.807) is 7.11 Å². The van der Waals surface area contributed by atoms with Crippen molar-refractivity contribution in [2.75, 3.05) is 12.4 Å². The third-order valence-electron chi connectivity index (χ3n) is 2.94. The Labute approximate surface area is 117 Å². The van der Waals surface area contributed by atoms with Crippen molar-refractivity contribution < 1.29 is 4.74 Å². The summed E-state index contributed by atoms with van der Waals surface area (Å²) in [6, 6.07) is 7.83. The number of benzene rings is 1. The number of methoxy groups -OCH3 is 1. The molecule has 0 spiro atoms.